The first kappa shape index (κ1) is 13.1. The lowest BCUT2D eigenvalue weighted by Gasteiger charge is -2.22. The summed E-state index contributed by atoms with van der Waals surface area (Å²) in [7, 11) is 0. The first-order chi connectivity index (χ1) is 9.69. The van der Waals surface area contributed by atoms with Gasteiger partial charge in [0.05, 0.1) is 6.61 Å². The number of anilines is 2. The number of aromatic nitrogens is 3. The molecule has 0 radical (unpaired) electrons. The maximum atomic E-state index is 5.97. The summed E-state index contributed by atoms with van der Waals surface area (Å²) in [5.74, 6) is 0.533. The van der Waals surface area contributed by atoms with Crippen LogP contribution in [0.15, 0.2) is 24.3 Å². The van der Waals surface area contributed by atoms with Crippen LogP contribution < -0.4 is 9.64 Å². The summed E-state index contributed by atoms with van der Waals surface area (Å²) in [6.07, 6.45) is 0.962. The van der Waals surface area contributed by atoms with Crippen molar-refractivity contribution in [3.63, 3.8) is 0 Å². The summed E-state index contributed by atoms with van der Waals surface area (Å²) in [5, 5.41) is 0.148. The molecule has 2 aromatic rings. The van der Waals surface area contributed by atoms with Gasteiger partial charge in [-0.25, -0.2) is 0 Å². The van der Waals surface area contributed by atoms with Crippen LogP contribution in [0.1, 0.15) is 19.4 Å². The van der Waals surface area contributed by atoms with E-state index in [-0.39, 0.29) is 17.3 Å². The quantitative estimate of drug-likeness (QED) is 0.870. The van der Waals surface area contributed by atoms with Crippen LogP contribution in [-0.4, -0.2) is 27.6 Å². The molecule has 1 unspecified atom stereocenters. The van der Waals surface area contributed by atoms with Crippen molar-refractivity contribution < 1.29 is 4.74 Å². The fourth-order valence-electron chi connectivity index (χ4n) is 2.49. The van der Waals surface area contributed by atoms with Crippen LogP contribution >= 0.6 is 11.6 Å². The molecule has 3 rings (SSSR count). The van der Waals surface area contributed by atoms with E-state index in [1.54, 1.807) is 0 Å². The Hall–Kier alpha value is -1.88. The SMILES string of the molecule is CCOc1nc(Cl)nc(N2c3ccccc3CC2C)n1. The van der Waals surface area contributed by atoms with Crippen LogP contribution in [-0.2, 0) is 6.42 Å². The van der Waals surface area contributed by atoms with Gasteiger partial charge in [0.2, 0.25) is 11.2 Å². The Morgan fingerprint density at radius 3 is 2.90 bits per heavy atom. The van der Waals surface area contributed by atoms with Gasteiger partial charge in [-0.3, -0.25) is 0 Å². The second-order valence-corrected chi connectivity index (χ2v) is 5.01. The smallest absolute Gasteiger partial charge is 0.322 e. The molecule has 1 aromatic heterocycles. The topological polar surface area (TPSA) is 51.1 Å². The minimum Gasteiger partial charge on any atom is -0.464 e. The molecule has 0 spiro atoms. The van der Waals surface area contributed by atoms with Gasteiger partial charge < -0.3 is 9.64 Å². The summed E-state index contributed by atoms with van der Waals surface area (Å²) in [6.45, 7) is 4.51. The standard InChI is InChI=1S/C14H15ClN4O/c1-3-20-14-17-12(15)16-13(18-14)19-9(2)8-10-6-4-5-7-11(10)19/h4-7,9H,3,8H2,1-2H3. The number of para-hydroxylation sites is 1. The Bertz CT molecular complexity index is 634. The summed E-state index contributed by atoms with van der Waals surface area (Å²) >= 11 is 5.97. The van der Waals surface area contributed by atoms with E-state index in [2.05, 4.69) is 38.9 Å². The molecule has 0 bridgehead atoms. The number of halogens is 1. The van der Waals surface area contributed by atoms with E-state index in [1.165, 1.54) is 5.56 Å². The van der Waals surface area contributed by atoms with Gasteiger partial charge in [-0.2, -0.15) is 15.0 Å². The summed E-state index contributed by atoms with van der Waals surface area (Å²) in [6, 6.07) is 8.78. The van der Waals surface area contributed by atoms with E-state index in [4.69, 9.17) is 16.3 Å². The highest BCUT2D eigenvalue weighted by molar-refractivity contribution is 6.28. The molecule has 0 saturated heterocycles. The fourth-order valence-corrected chi connectivity index (χ4v) is 2.64. The Balaban J connectivity index is 2.04. The maximum absolute atomic E-state index is 5.97. The molecule has 104 valence electrons. The van der Waals surface area contributed by atoms with Gasteiger partial charge in [0.25, 0.3) is 0 Å². The van der Waals surface area contributed by atoms with Crippen molar-refractivity contribution in [2.45, 2.75) is 26.3 Å². The van der Waals surface area contributed by atoms with Crippen LogP contribution in [0.5, 0.6) is 6.01 Å². The average Bonchev–Trinajstić information content (AvgIpc) is 2.74. The minimum atomic E-state index is 0.148. The lowest BCUT2D eigenvalue weighted by molar-refractivity contribution is 0.311. The van der Waals surface area contributed by atoms with Crippen LogP contribution in [0.3, 0.4) is 0 Å². The Labute approximate surface area is 122 Å². The van der Waals surface area contributed by atoms with E-state index >= 15 is 0 Å². The highest BCUT2D eigenvalue weighted by Crippen LogP contribution is 2.36. The largest absolute Gasteiger partial charge is 0.464 e. The lowest BCUT2D eigenvalue weighted by atomic mass is 10.1. The van der Waals surface area contributed by atoms with Crippen molar-refractivity contribution in [2.24, 2.45) is 0 Å². The van der Waals surface area contributed by atoms with Gasteiger partial charge in [0, 0.05) is 11.7 Å². The molecule has 0 N–H and O–H groups in total. The number of fused-ring (bicyclic) bond motifs is 1. The number of hydrogen-bond acceptors (Lipinski definition) is 5. The first-order valence-electron chi connectivity index (χ1n) is 6.60. The van der Waals surface area contributed by atoms with Crippen molar-refractivity contribution in [2.75, 3.05) is 11.5 Å². The summed E-state index contributed by atoms with van der Waals surface area (Å²) in [5.41, 5.74) is 2.40. The van der Waals surface area contributed by atoms with Crippen LogP contribution in [0.2, 0.25) is 5.28 Å². The van der Waals surface area contributed by atoms with Crippen molar-refractivity contribution in [1.82, 2.24) is 15.0 Å². The molecule has 5 nitrogen and oxygen atoms in total. The fraction of sp³-hybridized carbons (Fsp3) is 0.357. The lowest BCUT2D eigenvalue weighted by Crippen LogP contribution is -2.26. The highest BCUT2D eigenvalue weighted by atomic mass is 35.5. The number of rotatable bonds is 3. The molecule has 1 aromatic carbocycles. The van der Waals surface area contributed by atoms with Gasteiger partial charge >= 0.3 is 6.01 Å². The number of nitrogens with zero attached hydrogens (tertiary/aromatic N) is 4. The Morgan fingerprint density at radius 1 is 1.30 bits per heavy atom. The molecule has 6 heteroatoms. The maximum Gasteiger partial charge on any atom is 0.322 e. The summed E-state index contributed by atoms with van der Waals surface area (Å²) in [4.78, 5) is 14.6. The van der Waals surface area contributed by atoms with Gasteiger partial charge in [-0.05, 0) is 43.5 Å². The minimum absolute atomic E-state index is 0.148. The van der Waals surface area contributed by atoms with Gasteiger partial charge in [-0.15, -0.1) is 0 Å². The average molecular weight is 291 g/mol. The zero-order chi connectivity index (χ0) is 14.1. The van der Waals surface area contributed by atoms with E-state index in [9.17, 15) is 0 Å². The third-order valence-electron chi connectivity index (χ3n) is 3.27. The molecule has 0 fully saturated rings. The van der Waals surface area contributed by atoms with E-state index in [1.807, 2.05) is 19.1 Å². The molecule has 0 amide bonds. The summed E-state index contributed by atoms with van der Waals surface area (Å²) < 4.78 is 5.34. The van der Waals surface area contributed by atoms with Crippen molar-refractivity contribution in [1.29, 1.82) is 0 Å². The zero-order valence-electron chi connectivity index (χ0n) is 11.4. The Morgan fingerprint density at radius 2 is 2.10 bits per heavy atom. The van der Waals surface area contributed by atoms with Gasteiger partial charge in [-0.1, -0.05) is 18.2 Å². The van der Waals surface area contributed by atoms with Crippen LogP contribution in [0, 0.1) is 0 Å². The highest BCUT2D eigenvalue weighted by Gasteiger charge is 2.29. The van der Waals surface area contributed by atoms with E-state index in [0.29, 0.717) is 12.6 Å². The Kier molecular flexibility index (Phi) is 3.44. The van der Waals surface area contributed by atoms with E-state index < -0.39 is 0 Å². The molecular formula is C14H15ClN4O. The first-order valence-corrected chi connectivity index (χ1v) is 6.98. The molecule has 1 aliphatic rings. The van der Waals surface area contributed by atoms with Gasteiger partial charge in [0.1, 0.15) is 0 Å². The zero-order valence-corrected chi connectivity index (χ0v) is 12.1. The molecule has 1 aliphatic heterocycles. The predicted molar refractivity (Wildman–Crippen MR) is 77.8 cm³/mol. The number of ether oxygens (including phenoxy) is 1. The monoisotopic (exact) mass is 290 g/mol. The van der Waals surface area contributed by atoms with Crippen molar-refractivity contribution in [3.8, 4) is 6.01 Å². The van der Waals surface area contributed by atoms with Crippen LogP contribution in [0.25, 0.3) is 0 Å². The molecular weight excluding hydrogens is 276 g/mol. The second-order valence-electron chi connectivity index (χ2n) is 4.67. The molecule has 0 saturated carbocycles. The van der Waals surface area contributed by atoms with Crippen molar-refractivity contribution >= 4 is 23.2 Å². The third kappa shape index (κ3) is 2.29. The molecule has 0 aliphatic carbocycles. The van der Waals surface area contributed by atoms with Gasteiger partial charge in [0.15, 0.2) is 0 Å². The molecule has 2 heterocycles. The van der Waals surface area contributed by atoms with Crippen molar-refractivity contribution in [3.05, 3.63) is 35.1 Å². The van der Waals surface area contributed by atoms with E-state index in [0.717, 1.165) is 12.1 Å². The number of benzene rings is 1. The third-order valence-corrected chi connectivity index (χ3v) is 3.44. The molecule has 20 heavy (non-hydrogen) atoms. The molecule has 1 atom stereocenters. The van der Waals surface area contributed by atoms with Crippen LogP contribution in [0.4, 0.5) is 11.6 Å². The second kappa shape index (κ2) is 5.25. The normalized spacial score (nSPS) is 17.1. The number of hydrogen-bond donors (Lipinski definition) is 0. The predicted octanol–water partition coefficient (Wildman–Crippen LogP) is 3.01.